The molecule has 0 saturated carbocycles. The summed E-state index contributed by atoms with van der Waals surface area (Å²) in [5.74, 6) is 3.10. The first-order valence-corrected chi connectivity index (χ1v) is 6.21. The van der Waals surface area contributed by atoms with E-state index in [0.29, 0.717) is 5.89 Å². The van der Waals surface area contributed by atoms with Crippen LogP contribution in [0.5, 0.6) is 0 Å². The maximum atomic E-state index is 5.64. The van der Waals surface area contributed by atoms with Gasteiger partial charge < -0.3 is 10.3 Å². The van der Waals surface area contributed by atoms with Crippen LogP contribution in [0.2, 0.25) is 0 Å². The minimum Gasteiger partial charge on any atom is -0.338 e. The highest BCUT2D eigenvalue weighted by molar-refractivity contribution is 7.98. The van der Waals surface area contributed by atoms with Crippen molar-refractivity contribution < 1.29 is 4.52 Å². The minimum absolute atomic E-state index is 0.0480. The molecule has 1 atom stereocenters. The molecule has 0 amide bonds. The first kappa shape index (κ1) is 12.5. The van der Waals surface area contributed by atoms with Gasteiger partial charge in [0.05, 0.1) is 5.75 Å². The summed E-state index contributed by atoms with van der Waals surface area (Å²) in [7, 11) is 0. The highest BCUT2D eigenvalue weighted by Crippen LogP contribution is 2.20. The van der Waals surface area contributed by atoms with Gasteiger partial charge in [0, 0.05) is 17.2 Å². The lowest BCUT2D eigenvalue weighted by molar-refractivity contribution is 0.373. The minimum atomic E-state index is -0.0480. The van der Waals surface area contributed by atoms with Gasteiger partial charge in [0.25, 0.3) is 0 Å². The highest BCUT2D eigenvalue weighted by Gasteiger charge is 2.20. The van der Waals surface area contributed by atoms with E-state index in [-0.39, 0.29) is 11.5 Å². The summed E-state index contributed by atoms with van der Waals surface area (Å²) in [6, 6.07) is 0.208. The molecular formula is C10H19N3OS. The predicted molar refractivity (Wildman–Crippen MR) is 62.8 cm³/mol. The van der Waals surface area contributed by atoms with E-state index < -0.39 is 0 Å². The van der Waals surface area contributed by atoms with Crippen LogP contribution >= 0.6 is 11.8 Å². The van der Waals surface area contributed by atoms with Gasteiger partial charge in [-0.25, -0.2) is 0 Å². The summed E-state index contributed by atoms with van der Waals surface area (Å²) in [6.45, 7) is 8.19. The zero-order valence-corrected chi connectivity index (χ0v) is 10.6. The largest absolute Gasteiger partial charge is 0.338 e. The number of nitrogens with zero attached hydrogens (tertiary/aromatic N) is 2. The van der Waals surface area contributed by atoms with Crippen molar-refractivity contribution in [2.45, 2.75) is 44.9 Å². The number of rotatable bonds is 4. The molecule has 1 aromatic rings. The van der Waals surface area contributed by atoms with E-state index in [1.165, 1.54) is 0 Å². The molecule has 0 aliphatic heterocycles. The average Bonchev–Trinajstić information content (AvgIpc) is 2.51. The molecule has 15 heavy (non-hydrogen) atoms. The fourth-order valence-corrected chi connectivity index (χ4v) is 1.73. The fourth-order valence-electron chi connectivity index (χ4n) is 0.950. The van der Waals surface area contributed by atoms with Gasteiger partial charge in [0.15, 0.2) is 5.82 Å². The predicted octanol–water partition coefficient (Wildman–Crippen LogP) is 1.95. The molecule has 0 aromatic carbocycles. The van der Waals surface area contributed by atoms with Crippen molar-refractivity contribution in [3.63, 3.8) is 0 Å². The van der Waals surface area contributed by atoms with Gasteiger partial charge in [0.1, 0.15) is 0 Å². The topological polar surface area (TPSA) is 64.9 Å². The molecule has 86 valence electrons. The van der Waals surface area contributed by atoms with Crippen LogP contribution in [0.15, 0.2) is 4.52 Å². The van der Waals surface area contributed by atoms with Gasteiger partial charge in [-0.3, -0.25) is 0 Å². The fraction of sp³-hybridized carbons (Fsp3) is 0.800. The Kier molecular flexibility index (Phi) is 4.16. The third kappa shape index (κ3) is 4.22. The first-order valence-electron chi connectivity index (χ1n) is 5.06. The molecule has 1 rings (SSSR count). The zero-order valence-electron chi connectivity index (χ0n) is 9.78. The van der Waals surface area contributed by atoms with E-state index >= 15 is 0 Å². The normalized spacial score (nSPS) is 14.2. The number of aromatic nitrogens is 2. The van der Waals surface area contributed by atoms with Crippen LogP contribution in [0.25, 0.3) is 0 Å². The van der Waals surface area contributed by atoms with E-state index in [2.05, 4.69) is 30.9 Å². The van der Waals surface area contributed by atoms with Crippen molar-refractivity contribution in [3.8, 4) is 0 Å². The van der Waals surface area contributed by atoms with E-state index in [9.17, 15) is 0 Å². The van der Waals surface area contributed by atoms with Crippen LogP contribution < -0.4 is 5.73 Å². The second-order valence-corrected chi connectivity index (χ2v) is 5.78. The van der Waals surface area contributed by atoms with Gasteiger partial charge in [-0.15, -0.1) is 0 Å². The molecule has 1 unspecified atom stereocenters. The number of hydrogen-bond donors (Lipinski definition) is 1. The smallest absolute Gasteiger partial charge is 0.236 e. The molecule has 4 nitrogen and oxygen atoms in total. The van der Waals surface area contributed by atoms with Gasteiger partial charge >= 0.3 is 0 Å². The molecule has 0 aliphatic carbocycles. The Bertz CT molecular complexity index is 304. The molecule has 0 fully saturated rings. The number of hydrogen-bond acceptors (Lipinski definition) is 5. The second-order valence-electron chi connectivity index (χ2n) is 4.75. The molecule has 0 radical (unpaired) electrons. The van der Waals surface area contributed by atoms with Crippen LogP contribution in [0.1, 0.15) is 39.4 Å². The van der Waals surface area contributed by atoms with Crippen LogP contribution in [-0.4, -0.2) is 21.9 Å². The number of nitrogens with two attached hydrogens (primary N) is 1. The molecule has 0 bridgehead atoms. The molecular weight excluding hydrogens is 210 g/mol. The molecule has 0 aliphatic rings. The van der Waals surface area contributed by atoms with Crippen LogP contribution in [0.3, 0.4) is 0 Å². The average molecular weight is 229 g/mol. The Morgan fingerprint density at radius 3 is 2.60 bits per heavy atom. The maximum absolute atomic E-state index is 5.64. The van der Waals surface area contributed by atoms with E-state index in [1.807, 2.05) is 6.92 Å². The summed E-state index contributed by atoms with van der Waals surface area (Å²) in [5, 5.41) is 3.95. The Balaban J connectivity index is 2.47. The summed E-state index contributed by atoms with van der Waals surface area (Å²) < 4.78 is 5.15. The Morgan fingerprint density at radius 1 is 1.47 bits per heavy atom. The van der Waals surface area contributed by atoms with E-state index in [0.717, 1.165) is 17.3 Å². The lowest BCUT2D eigenvalue weighted by atomic mass is 9.96. The monoisotopic (exact) mass is 229 g/mol. The van der Waals surface area contributed by atoms with Crippen LogP contribution in [0.4, 0.5) is 0 Å². The molecule has 1 heterocycles. The van der Waals surface area contributed by atoms with Crippen molar-refractivity contribution in [2.75, 3.05) is 5.75 Å². The third-order valence-electron chi connectivity index (χ3n) is 1.75. The van der Waals surface area contributed by atoms with Crippen molar-refractivity contribution >= 4 is 11.8 Å². The Morgan fingerprint density at radius 2 is 2.13 bits per heavy atom. The first-order chi connectivity index (χ1) is 6.89. The lowest BCUT2D eigenvalue weighted by Crippen LogP contribution is -2.17. The lowest BCUT2D eigenvalue weighted by Gasteiger charge is -2.10. The van der Waals surface area contributed by atoms with Gasteiger partial charge in [-0.2, -0.15) is 16.7 Å². The summed E-state index contributed by atoms with van der Waals surface area (Å²) >= 11 is 1.72. The van der Waals surface area contributed by atoms with E-state index in [4.69, 9.17) is 10.3 Å². The molecule has 0 saturated heterocycles. The Labute approximate surface area is 95.0 Å². The Hall–Kier alpha value is -0.550. The quantitative estimate of drug-likeness (QED) is 0.854. The van der Waals surface area contributed by atoms with Crippen molar-refractivity contribution in [1.82, 2.24) is 10.1 Å². The second kappa shape index (κ2) is 4.99. The van der Waals surface area contributed by atoms with Crippen LogP contribution in [0, 0.1) is 0 Å². The van der Waals surface area contributed by atoms with Crippen molar-refractivity contribution in [2.24, 2.45) is 5.73 Å². The van der Waals surface area contributed by atoms with Crippen LogP contribution in [-0.2, 0) is 11.2 Å². The summed E-state index contributed by atoms with van der Waals surface area (Å²) in [5.41, 5.74) is 5.60. The molecule has 2 N–H and O–H groups in total. The standard InChI is InChI=1S/C10H19N3OS/c1-7(11)5-15-6-8-12-9(13-14-8)10(2,3)4/h7H,5-6,11H2,1-4H3. The van der Waals surface area contributed by atoms with Gasteiger partial charge in [-0.05, 0) is 6.92 Å². The van der Waals surface area contributed by atoms with Crippen molar-refractivity contribution in [3.05, 3.63) is 11.7 Å². The SMILES string of the molecule is CC(N)CSCc1nc(C(C)(C)C)no1. The maximum Gasteiger partial charge on any atom is 0.236 e. The van der Waals surface area contributed by atoms with Gasteiger partial charge in [-0.1, -0.05) is 25.9 Å². The van der Waals surface area contributed by atoms with Gasteiger partial charge in [0.2, 0.25) is 5.89 Å². The summed E-state index contributed by atoms with van der Waals surface area (Å²) in [6.07, 6.45) is 0. The van der Waals surface area contributed by atoms with E-state index in [1.54, 1.807) is 11.8 Å². The summed E-state index contributed by atoms with van der Waals surface area (Å²) in [4.78, 5) is 4.34. The zero-order chi connectivity index (χ0) is 11.5. The molecule has 1 aromatic heterocycles. The molecule has 0 spiro atoms. The molecule has 5 heteroatoms. The third-order valence-corrected chi connectivity index (χ3v) is 2.96. The van der Waals surface area contributed by atoms with Crippen molar-refractivity contribution in [1.29, 1.82) is 0 Å². The highest BCUT2D eigenvalue weighted by atomic mass is 32.2. The number of thioether (sulfide) groups is 1.